The molecule has 2 aromatic rings. The lowest BCUT2D eigenvalue weighted by molar-refractivity contribution is -0.147. The molecule has 4 rings (SSSR count). The summed E-state index contributed by atoms with van der Waals surface area (Å²) in [5, 5.41) is 9.05. The molecule has 42 heavy (non-hydrogen) atoms. The lowest BCUT2D eigenvalue weighted by atomic mass is 10.0. The van der Waals surface area contributed by atoms with Crippen molar-refractivity contribution >= 4 is 29.7 Å². The summed E-state index contributed by atoms with van der Waals surface area (Å²) < 4.78 is 23.5. The Labute approximate surface area is 239 Å². The molecule has 1 aromatic heterocycles. The Morgan fingerprint density at radius 1 is 1.10 bits per heavy atom. The Morgan fingerprint density at radius 2 is 1.79 bits per heavy atom. The van der Waals surface area contributed by atoms with Crippen molar-refractivity contribution in [2.24, 2.45) is 5.73 Å². The van der Waals surface area contributed by atoms with E-state index in [9.17, 15) is 24.0 Å². The minimum absolute atomic E-state index is 0.0120. The predicted molar refractivity (Wildman–Crippen MR) is 142 cm³/mol. The first kappa shape index (κ1) is 30.6. The van der Waals surface area contributed by atoms with Crippen LogP contribution in [-0.2, 0) is 33.4 Å². The molecule has 1 fully saturated rings. The number of aliphatic hydroxyl groups is 1. The van der Waals surface area contributed by atoms with Crippen molar-refractivity contribution < 1.29 is 48.1 Å². The van der Waals surface area contributed by atoms with Crippen LogP contribution in [0.1, 0.15) is 66.0 Å². The third-order valence-corrected chi connectivity index (χ3v) is 6.64. The molecule has 5 atom stereocenters. The van der Waals surface area contributed by atoms with Crippen molar-refractivity contribution in [3.8, 4) is 0 Å². The lowest BCUT2D eigenvalue weighted by Gasteiger charge is -2.27. The number of benzene rings is 1. The molecule has 2 aliphatic heterocycles. The number of fused-ring (bicyclic) bond motifs is 2. The van der Waals surface area contributed by atoms with E-state index in [0.29, 0.717) is 6.42 Å². The van der Waals surface area contributed by atoms with Gasteiger partial charge in [-0.25, -0.2) is 24.7 Å². The summed E-state index contributed by atoms with van der Waals surface area (Å²) in [6.45, 7) is 1.15. The van der Waals surface area contributed by atoms with E-state index in [1.54, 1.807) is 12.1 Å². The van der Waals surface area contributed by atoms with Gasteiger partial charge >= 0.3 is 29.6 Å². The lowest BCUT2D eigenvalue weighted by Crippen LogP contribution is -2.43. The summed E-state index contributed by atoms with van der Waals surface area (Å²) in [5.74, 6) is -3.05. The fraction of sp³-hybridized carbons (Fsp3) is 0.481. The molecule has 0 aliphatic carbocycles. The maximum atomic E-state index is 13.1. The Morgan fingerprint density at radius 3 is 2.43 bits per heavy atom. The molecule has 0 unspecified atom stereocenters. The number of esters is 3. The summed E-state index contributed by atoms with van der Waals surface area (Å²) in [7, 11) is 0. The summed E-state index contributed by atoms with van der Waals surface area (Å²) in [4.78, 5) is 71.7. The number of nitrogens with two attached hydrogens (primary N) is 1. The summed E-state index contributed by atoms with van der Waals surface area (Å²) in [5.41, 5.74) is 6.92. The number of aromatic nitrogens is 2. The molecule has 1 saturated heterocycles. The van der Waals surface area contributed by atoms with Crippen LogP contribution in [0.2, 0.25) is 0 Å². The van der Waals surface area contributed by atoms with E-state index in [4.69, 9.17) is 34.6 Å². The molecule has 0 radical (unpaired) electrons. The van der Waals surface area contributed by atoms with Gasteiger partial charge in [-0.1, -0.05) is 31.9 Å². The van der Waals surface area contributed by atoms with Crippen LogP contribution < -0.4 is 16.9 Å². The highest BCUT2D eigenvalue weighted by Gasteiger charge is 2.52. The molecular formula is C27H32N4O11. The third kappa shape index (κ3) is 7.10. The number of rotatable bonds is 12. The van der Waals surface area contributed by atoms with Crippen LogP contribution in [0.5, 0.6) is 0 Å². The smallest absolute Gasteiger partial charge is 0.351 e. The zero-order valence-electron chi connectivity index (χ0n) is 22.8. The maximum Gasteiger partial charge on any atom is 0.351 e. The van der Waals surface area contributed by atoms with Crippen molar-refractivity contribution in [3.63, 3.8) is 0 Å². The molecule has 0 amide bonds. The molecule has 0 spiro atoms. The van der Waals surface area contributed by atoms with E-state index >= 15 is 0 Å². The van der Waals surface area contributed by atoms with Gasteiger partial charge in [0.2, 0.25) is 0 Å². The average Bonchev–Trinajstić information content (AvgIpc) is 3.30. The van der Waals surface area contributed by atoms with Gasteiger partial charge in [0.15, 0.2) is 24.3 Å². The van der Waals surface area contributed by atoms with Crippen molar-refractivity contribution in [3.05, 3.63) is 58.1 Å². The number of carbonyl (C=O) groups is 4. The second-order valence-electron chi connectivity index (χ2n) is 9.63. The third-order valence-electron chi connectivity index (χ3n) is 6.64. The number of aliphatic hydroxyl groups excluding tert-OH is 1. The Kier molecular flexibility index (Phi) is 10.2. The highest BCUT2D eigenvalue weighted by molar-refractivity contribution is 6.03. The maximum absolute atomic E-state index is 13.1. The standard InChI is InChI=1S/C27H32N4O11/c1-2-3-4-9-20(33)42-30-19-10-12-31(27(37)29-19)23-22-21(18(39-23)11-13-38-26(36)17(28)14-32)40-24(34)15-7-5-6-8-16(15)25(35)41-22/h5-8,10,12,17-18,21-23,32H,2-4,9,11,13-14,28H2,1H3,(H,29,30,37)/t17-,18-,21-,22-,23-/m1/s1. The van der Waals surface area contributed by atoms with E-state index in [0.717, 1.165) is 17.4 Å². The van der Waals surface area contributed by atoms with Crippen molar-refractivity contribution in [2.75, 3.05) is 18.7 Å². The van der Waals surface area contributed by atoms with E-state index in [-0.39, 0.29) is 36.4 Å². The molecule has 0 bridgehead atoms. The fourth-order valence-corrected chi connectivity index (χ4v) is 4.45. The van der Waals surface area contributed by atoms with E-state index in [1.165, 1.54) is 24.4 Å². The van der Waals surface area contributed by atoms with Crippen LogP contribution in [0.3, 0.4) is 0 Å². The predicted octanol–water partition coefficient (Wildman–Crippen LogP) is 0.609. The van der Waals surface area contributed by atoms with Crippen molar-refractivity contribution in [2.45, 2.75) is 69.6 Å². The monoisotopic (exact) mass is 588 g/mol. The van der Waals surface area contributed by atoms with Crippen LogP contribution in [-0.4, -0.2) is 76.1 Å². The zero-order chi connectivity index (χ0) is 30.2. The quantitative estimate of drug-likeness (QED) is 0.134. The second kappa shape index (κ2) is 14.0. The number of nitrogens with one attached hydrogen (secondary N) is 1. The number of hydrogen-bond donors (Lipinski definition) is 3. The fourth-order valence-electron chi connectivity index (χ4n) is 4.45. The van der Waals surface area contributed by atoms with Gasteiger partial charge in [0.05, 0.1) is 24.3 Å². The summed E-state index contributed by atoms with van der Waals surface area (Å²) in [6, 6.07) is 6.04. The van der Waals surface area contributed by atoms with Gasteiger partial charge in [0, 0.05) is 25.1 Å². The SMILES string of the molecule is CCCCCC(=O)ONc1ccn([C@@H]2O[C@H](CCOC(=O)[C@H](N)CO)[C@H]3OC(=O)c4ccccc4C(=O)O[C@H]32)c(=O)n1. The largest absolute Gasteiger partial charge is 0.464 e. The van der Waals surface area contributed by atoms with E-state index in [2.05, 4.69) is 10.5 Å². The highest BCUT2D eigenvalue weighted by atomic mass is 16.7. The number of hydrogen-bond acceptors (Lipinski definition) is 14. The molecule has 4 N–H and O–H groups in total. The molecule has 1 aromatic carbocycles. The van der Waals surface area contributed by atoms with Crippen LogP contribution in [0.25, 0.3) is 0 Å². The first-order valence-electron chi connectivity index (χ1n) is 13.5. The minimum atomic E-state index is -1.29. The summed E-state index contributed by atoms with van der Waals surface area (Å²) >= 11 is 0. The van der Waals surface area contributed by atoms with E-state index in [1.807, 2.05) is 6.92 Å². The van der Waals surface area contributed by atoms with E-state index < -0.39 is 66.8 Å². The van der Waals surface area contributed by atoms with Crippen LogP contribution in [0.15, 0.2) is 41.3 Å². The van der Waals surface area contributed by atoms with Gasteiger partial charge in [0.25, 0.3) is 0 Å². The van der Waals surface area contributed by atoms with Gasteiger partial charge in [-0.2, -0.15) is 4.98 Å². The van der Waals surface area contributed by atoms with Crippen molar-refractivity contribution in [1.29, 1.82) is 0 Å². The summed E-state index contributed by atoms with van der Waals surface area (Å²) in [6.07, 6.45) is -0.836. The van der Waals surface area contributed by atoms with Gasteiger partial charge < -0.3 is 34.6 Å². The molecular weight excluding hydrogens is 556 g/mol. The molecule has 0 saturated carbocycles. The number of nitrogens with zero attached hydrogens (tertiary/aromatic N) is 2. The number of anilines is 1. The molecule has 15 heteroatoms. The number of carbonyl (C=O) groups excluding carboxylic acids is 4. The number of unbranched alkanes of at least 4 members (excludes halogenated alkanes) is 2. The van der Waals surface area contributed by atoms with Crippen molar-refractivity contribution in [1.82, 2.24) is 9.55 Å². The Hall–Kier alpha value is -4.34. The molecule has 226 valence electrons. The molecule has 2 aliphatic rings. The van der Waals surface area contributed by atoms with Gasteiger partial charge in [0.1, 0.15) is 12.1 Å². The topological polar surface area (TPSA) is 208 Å². The highest BCUT2D eigenvalue weighted by Crippen LogP contribution is 2.37. The minimum Gasteiger partial charge on any atom is -0.464 e. The zero-order valence-corrected chi connectivity index (χ0v) is 22.8. The van der Waals surface area contributed by atoms with Gasteiger partial charge in [-0.05, 0) is 18.6 Å². The first-order chi connectivity index (χ1) is 20.2. The Bertz CT molecular complexity index is 1360. The van der Waals surface area contributed by atoms with Crippen LogP contribution in [0, 0.1) is 0 Å². The van der Waals surface area contributed by atoms with Gasteiger partial charge in [-0.15, -0.1) is 0 Å². The van der Waals surface area contributed by atoms with Gasteiger partial charge in [-0.3, -0.25) is 9.36 Å². The number of ether oxygens (including phenoxy) is 4. The first-order valence-corrected chi connectivity index (χ1v) is 13.5. The average molecular weight is 589 g/mol. The Balaban J connectivity index is 1.55. The molecule has 15 nitrogen and oxygen atoms in total. The second-order valence-corrected chi connectivity index (χ2v) is 9.63. The van der Waals surface area contributed by atoms with Crippen LogP contribution in [0.4, 0.5) is 5.82 Å². The molecule has 3 heterocycles. The van der Waals surface area contributed by atoms with Crippen LogP contribution >= 0.6 is 0 Å². The normalized spacial score (nSPS) is 22.0.